The van der Waals surface area contributed by atoms with Crippen molar-refractivity contribution in [3.63, 3.8) is 0 Å². The van der Waals surface area contributed by atoms with Crippen LogP contribution in [0.25, 0.3) is 5.57 Å². The molecule has 1 heteroatoms. The molecule has 1 aromatic carbocycles. The van der Waals surface area contributed by atoms with E-state index < -0.39 is 0 Å². The fourth-order valence-corrected chi connectivity index (χ4v) is 2.18. The molecule has 1 aromatic rings. The van der Waals surface area contributed by atoms with Gasteiger partial charge in [0.25, 0.3) is 0 Å². The Balaban J connectivity index is 2.21. The quantitative estimate of drug-likeness (QED) is 0.691. The van der Waals surface area contributed by atoms with Gasteiger partial charge in [0.05, 0.1) is 0 Å². The lowest BCUT2D eigenvalue weighted by atomic mass is 9.96. The van der Waals surface area contributed by atoms with Gasteiger partial charge in [0, 0.05) is 12.0 Å². The van der Waals surface area contributed by atoms with E-state index in [-0.39, 0.29) is 5.83 Å². The van der Waals surface area contributed by atoms with E-state index >= 15 is 0 Å². The zero-order valence-electron chi connectivity index (χ0n) is 10.5. The topological polar surface area (TPSA) is 0 Å². The Morgan fingerprint density at radius 3 is 2.47 bits per heavy atom. The highest BCUT2D eigenvalue weighted by Crippen LogP contribution is 2.28. The molecule has 0 atom stereocenters. The van der Waals surface area contributed by atoms with Crippen molar-refractivity contribution >= 4 is 5.57 Å². The maximum absolute atomic E-state index is 13.7. The van der Waals surface area contributed by atoms with Crippen LogP contribution in [0.4, 0.5) is 4.39 Å². The van der Waals surface area contributed by atoms with Crippen molar-refractivity contribution in [1.82, 2.24) is 0 Å². The van der Waals surface area contributed by atoms with Crippen LogP contribution in [0.1, 0.15) is 37.8 Å². The minimum Gasteiger partial charge on any atom is -0.211 e. The molecule has 17 heavy (non-hydrogen) atoms. The van der Waals surface area contributed by atoms with E-state index in [0.717, 1.165) is 24.0 Å². The summed E-state index contributed by atoms with van der Waals surface area (Å²) in [6, 6.07) is 8.28. The third-order valence-electron chi connectivity index (χ3n) is 3.02. The third-order valence-corrected chi connectivity index (χ3v) is 3.02. The second-order valence-electron chi connectivity index (χ2n) is 5.05. The summed E-state index contributed by atoms with van der Waals surface area (Å²) in [7, 11) is 0. The monoisotopic (exact) mass is 230 g/mol. The molecule has 0 aromatic heterocycles. The maximum Gasteiger partial charge on any atom is 0.108 e. The molecule has 0 radical (unpaired) electrons. The summed E-state index contributed by atoms with van der Waals surface area (Å²) < 4.78 is 13.7. The first-order chi connectivity index (χ1) is 8.16. The molecular weight excluding hydrogens is 211 g/mol. The first-order valence-electron chi connectivity index (χ1n) is 6.31. The summed E-state index contributed by atoms with van der Waals surface area (Å²) in [6.07, 6.45) is 6.38. The summed E-state index contributed by atoms with van der Waals surface area (Å²) in [5.74, 6) is 0.676. The van der Waals surface area contributed by atoms with E-state index in [0.29, 0.717) is 12.3 Å². The van der Waals surface area contributed by atoms with Crippen LogP contribution in [0.15, 0.2) is 42.2 Å². The van der Waals surface area contributed by atoms with Crippen LogP contribution >= 0.6 is 0 Å². The zero-order valence-corrected chi connectivity index (χ0v) is 10.5. The van der Waals surface area contributed by atoms with Crippen LogP contribution in [0.3, 0.4) is 0 Å². The molecular formula is C16H19F. The molecule has 0 aliphatic heterocycles. The van der Waals surface area contributed by atoms with E-state index in [9.17, 15) is 4.39 Å². The van der Waals surface area contributed by atoms with E-state index in [2.05, 4.69) is 26.0 Å². The van der Waals surface area contributed by atoms with Crippen molar-refractivity contribution in [2.24, 2.45) is 5.92 Å². The number of hydrogen-bond donors (Lipinski definition) is 0. The Morgan fingerprint density at radius 1 is 1.18 bits per heavy atom. The first kappa shape index (κ1) is 12.1. The second kappa shape index (κ2) is 5.31. The molecule has 2 rings (SSSR count). The highest BCUT2D eigenvalue weighted by atomic mass is 19.1. The Morgan fingerprint density at radius 2 is 1.88 bits per heavy atom. The average molecular weight is 230 g/mol. The molecule has 0 unspecified atom stereocenters. The summed E-state index contributed by atoms with van der Waals surface area (Å²) >= 11 is 0. The van der Waals surface area contributed by atoms with Gasteiger partial charge in [0.1, 0.15) is 5.83 Å². The normalized spacial score (nSPS) is 15.8. The molecule has 0 bridgehead atoms. The SMILES string of the molecule is CC(C)Cc1ccc(C2=C(F)CCC=C2)cc1. The van der Waals surface area contributed by atoms with Crippen LogP contribution in [-0.2, 0) is 6.42 Å². The van der Waals surface area contributed by atoms with Crippen LogP contribution in [0, 0.1) is 5.92 Å². The Hall–Kier alpha value is -1.37. The Labute approximate surface area is 103 Å². The molecule has 0 saturated heterocycles. The van der Waals surface area contributed by atoms with Crippen molar-refractivity contribution in [3.8, 4) is 0 Å². The molecule has 0 N–H and O–H groups in total. The van der Waals surface area contributed by atoms with E-state index in [1.165, 1.54) is 5.56 Å². The van der Waals surface area contributed by atoms with Crippen molar-refractivity contribution in [2.45, 2.75) is 33.1 Å². The van der Waals surface area contributed by atoms with Crippen LogP contribution in [0.2, 0.25) is 0 Å². The number of halogens is 1. The number of benzene rings is 1. The van der Waals surface area contributed by atoms with E-state index in [1.54, 1.807) is 0 Å². The van der Waals surface area contributed by atoms with Crippen molar-refractivity contribution in [1.29, 1.82) is 0 Å². The molecule has 0 heterocycles. The number of rotatable bonds is 3. The second-order valence-corrected chi connectivity index (χ2v) is 5.05. The first-order valence-corrected chi connectivity index (χ1v) is 6.31. The number of hydrogen-bond acceptors (Lipinski definition) is 0. The van der Waals surface area contributed by atoms with Crippen LogP contribution in [0.5, 0.6) is 0 Å². The summed E-state index contributed by atoms with van der Waals surface area (Å²) in [5.41, 5.74) is 3.07. The van der Waals surface area contributed by atoms with Gasteiger partial charge < -0.3 is 0 Å². The molecule has 0 amide bonds. The average Bonchev–Trinajstić information content (AvgIpc) is 2.30. The molecule has 0 fully saturated rings. The Kier molecular flexibility index (Phi) is 3.78. The number of allylic oxidation sites excluding steroid dienone is 4. The van der Waals surface area contributed by atoms with Gasteiger partial charge in [0.15, 0.2) is 0 Å². The predicted octanol–water partition coefficient (Wildman–Crippen LogP) is 4.92. The van der Waals surface area contributed by atoms with Crippen molar-refractivity contribution in [2.75, 3.05) is 0 Å². The fraction of sp³-hybridized carbons (Fsp3) is 0.375. The summed E-state index contributed by atoms with van der Waals surface area (Å²) in [5, 5.41) is 0. The predicted molar refractivity (Wildman–Crippen MR) is 71.4 cm³/mol. The molecule has 90 valence electrons. The molecule has 0 saturated carbocycles. The van der Waals surface area contributed by atoms with Gasteiger partial charge in [-0.15, -0.1) is 0 Å². The van der Waals surface area contributed by atoms with Crippen molar-refractivity contribution in [3.05, 3.63) is 53.4 Å². The van der Waals surface area contributed by atoms with Gasteiger partial charge in [-0.25, -0.2) is 4.39 Å². The molecule has 1 aliphatic rings. The molecule has 0 spiro atoms. The summed E-state index contributed by atoms with van der Waals surface area (Å²) in [4.78, 5) is 0. The minimum atomic E-state index is 0.0177. The standard InChI is InChI=1S/C16H19F/c1-12(2)11-13-7-9-14(10-8-13)15-5-3-4-6-16(15)17/h3,5,7-10,12H,4,6,11H2,1-2H3. The van der Waals surface area contributed by atoms with Gasteiger partial charge in [-0.05, 0) is 29.9 Å². The third kappa shape index (κ3) is 3.06. The van der Waals surface area contributed by atoms with Gasteiger partial charge in [-0.2, -0.15) is 0 Å². The molecule has 1 aliphatic carbocycles. The zero-order chi connectivity index (χ0) is 12.3. The van der Waals surface area contributed by atoms with E-state index in [1.807, 2.05) is 24.3 Å². The van der Waals surface area contributed by atoms with Crippen LogP contribution < -0.4 is 0 Å². The summed E-state index contributed by atoms with van der Waals surface area (Å²) in [6.45, 7) is 4.42. The highest BCUT2D eigenvalue weighted by Gasteiger charge is 2.09. The van der Waals surface area contributed by atoms with Crippen LogP contribution in [-0.4, -0.2) is 0 Å². The lowest BCUT2D eigenvalue weighted by molar-refractivity contribution is 0.592. The van der Waals surface area contributed by atoms with Crippen molar-refractivity contribution < 1.29 is 4.39 Å². The fourth-order valence-electron chi connectivity index (χ4n) is 2.18. The van der Waals surface area contributed by atoms with Gasteiger partial charge in [-0.1, -0.05) is 50.3 Å². The smallest absolute Gasteiger partial charge is 0.108 e. The lowest BCUT2D eigenvalue weighted by Crippen LogP contribution is -1.95. The van der Waals surface area contributed by atoms with E-state index in [4.69, 9.17) is 0 Å². The van der Waals surface area contributed by atoms with Gasteiger partial charge in [0.2, 0.25) is 0 Å². The Bertz CT molecular complexity index is 435. The van der Waals surface area contributed by atoms with Gasteiger partial charge >= 0.3 is 0 Å². The molecule has 0 nitrogen and oxygen atoms in total. The maximum atomic E-state index is 13.7. The lowest BCUT2D eigenvalue weighted by Gasteiger charge is -2.11. The van der Waals surface area contributed by atoms with Gasteiger partial charge in [-0.3, -0.25) is 0 Å². The highest BCUT2D eigenvalue weighted by molar-refractivity contribution is 5.76. The minimum absolute atomic E-state index is 0.0177. The largest absolute Gasteiger partial charge is 0.211 e.